The maximum absolute atomic E-state index is 13.8. The van der Waals surface area contributed by atoms with Crippen LogP contribution in [0.25, 0.3) is 10.4 Å². The van der Waals surface area contributed by atoms with E-state index in [1.807, 2.05) is 71.9 Å². The normalized spacial score (nSPS) is 19.4. The molecule has 1 aromatic carbocycles. The van der Waals surface area contributed by atoms with Crippen LogP contribution < -0.4 is 5.32 Å². The van der Waals surface area contributed by atoms with Crippen LogP contribution in [0.4, 0.5) is 0 Å². The number of rotatable bonds is 8. The SMILES string of the molecule is CC(C)[C@@H](C(=O)N1C[C@H](O)C[C@H]1C(=O)N[C@@H](C)c1ccc(-c2scnc2CO)cc1)c1cc(C(C)(C)C)no1. The van der Waals surface area contributed by atoms with Gasteiger partial charge in [0.15, 0.2) is 0 Å². The molecule has 2 amide bonds. The summed E-state index contributed by atoms with van der Waals surface area (Å²) in [5.41, 5.74) is 4.72. The molecule has 0 spiro atoms. The fourth-order valence-corrected chi connectivity index (χ4v) is 5.75. The van der Waals surface area contributed by atoms with Crippen molar-refractivity contribution >= 4 is 23.2 Å². The van der Waals surface area contributed by atoms with Gasteiger partial charge < -0.3 is 25.0 Å². The molecular weight excluding hydrogens is 516 g/mol. The molecule has 0 bridgehead atoms. The second kappa shape index (κ2) is 11.6. The summed E-state index contributed by atoms with van der Waals surface area (Å²) in [5.74, 6) is -0.799. The van der Waals surface area contributed by atoms with Crippen LogP contribution in [0.1, 0.15) is 82.6 Å². The Morgan fingerprint density at radius 1 is 1.21 bits per heavy atom. The Kier molecular flexibility index (Phi) is 8.58. The van der Waals surface area contributed by atoms with Crippen LogP contribution in [-0.2, 0) is 21.6 Å². The van der Waals surface area contributed by atoms with Crippen LogP contribution in [0.3, 0.4) is 0 Å². The maximum atomic E-state index is 13.8. The Bertz CT molecular complexity index is 1290. The summed E-state index contributed by atoms with van der Waals surface area (Å²) < 4.78 is 5.61. The van der Waals surface area contributed by atoms with E-state index in [4.69, 9.17) is 4.52 Å². The first-order chi connectivity index (χ1) is 18.4. The molecule has 0 unspecified atom stereocenters. The van der Waals surface area contributed by atoms with E-state index in [-0.39, 0.29) is 48.8 Å². The minimum Gasteiger partial charge on any atom is -0.391 e. The zero-order chi connectivity index (χ0) is 28.5. The first-order valence-corrected chi connectivity index (χ1v) is 14.2. The fourth-order valence-electron chi connectivity index (χ4n) is 4.94. The van der Waals surface area contributed by atoms with Crippen molar-refractivity contribution in [2.45, 2.75) is 84.1 Å². The molecule has 0 radical (unpaired) electrons. The molecule has 9 nitrogen and oxygen atoms in total. The molecule has 3 N–H and O–H groups in total. The lowest BCUT2D eigenvalue weighted by atomic mass is 9.88. The van der Waals surface area contributed by atoms with Crippen LogP contribution in [-0.4, -0.2) is 55.8 Å². The van der Waals surface area contributed by atoms with Gasteiger partial charge in [-0.15, -0.1) is 11.3 Å². The molecule has 1 saturated heterocycles. The standard InChI is InChI=1S/C29H38N4O5S/c1-16(2)25(23-12-24(32-38-23)29(4,5)6)28(37)33-13-20(35)11-22(33)27(36)31-17(3)18-7-9-19(10-8-18)26-21(14-34)30-15-39-26/h7-10,12,15-17,20,22,25,34-35H,11,13-14H2,1-6H3,(H,31,36)/t17-,20+,22-,25+/m0/s1. The van der Waals surface area contributed by atoms with Crippen molar-refractivity contribution in [2.75, 3.05) is 6.54 Å². The molecule has 10 heteroatoms. The number of aliphatic hydroxyl groups excluding tert-OH is 2. The number of likely N-dealkylation sites (tertiary alicyclic amines) is 1. The highest BCUT2D eigenvalue weighted by atomic mass is 32.1. The Hall–Kier alpha value is -3.08. The van der Waals surface area contributed by atoms with Gasteiger partial charge in [-0.25, -0.2) is 4.98 Å². The number of amides is 2. The van der Waals surface area contributed by atoms with Crippen LogP contribution in [0.5, 0.6) is 0 Å². The molecule has 39 heavy (non-hydrogen) atoms. The average Bonchev–Trinajstić information content (AvgIpc) is 3.63. The molecule has 0 saturated carbocycles. The Balaban J connectivity index is 1.48. The molecule has 3 aromatic rings. The number of nitrogens with one attached hydrogen (secondary N) is 1. The molecule has 0 aliphatic carbocycles. The van der Waals surface area contributed by atoms with Gasteiger partial charge in [-0.05, 0) is 24.0 Å². The van der Waals surface area contributed by atoms with Crippen molar-refractivity contribution in [1.29, 1.82) is 0 Å². The number of thiazole rings is 1. The van der Waals surface area contributed by atoms with Crippen molar-refractivity contribution < 1.29 is 24.3 Å². The van der Waals surface area contributed by atoms with E-state index >= 15 is 0 Å². The number of carbonyl (C=O) groups is 2. The zero-order valence-electron chi connectivity index (χ0n) is 23.3. The topological polar surface area (TPSA) is 129 Å². The number of β-amino-alcohol motifs (C(OH)–C–C–N with tert-alkyl or cyclic N) is 1. The van der Waals surface area contributed by atoms with Gasteiger partial charge >= 0.3 is 0 Å². The first kappa shape index (κ1) is 28.9. The number of hydrogen-bond acceptors (Lipinski definition) is 8. The maximum Gasteiger partial charge on any atom is 0.243 e. The van der Waals surface area contributed by atoms with E-state index < -0.39 is 18.1 Å². The summed E-state index contributed by atoms with van der Waals surface area (Å²) >= 11 is 1.46. The smallest absolute Gasteiger partial charge is 0.243 e. The molecular formula is C29H38N4O5S. The van der Waals surface area contributed by atoms with Crippen LogP contribution >= 0.6 is 11.3 Å². The van der Waals surface area contributed by atoms with Gasteiger partial charge in [0.25, 0.3) is 0 Å². The summed E-state index contributed by atoms with van der Waals surface area (Å²) in [7, 11) is 0. The van der Waals surface area contributed by atoms with E-state index in [0.29, 0.717) is 11.5 Å². The van der Waals surface area contributed by atoms with Crippen molar-refractivity contribution in [2.24, 2.45) is 5.92 Å². The third kappa shape index (κ3) is 6.23. The van der Waals surface area contributed by atoms with E-state index in [9.17, 15) is 19.8 Å². The van der Waals surface area contributed by atoms with Crippen LogP contribution in [0.15, 0.2) is 40.4 Å². The number of nitrogens with zero attached hydrogens (tertiary/aromatic N) is 3. The molecule has 3 heterocycles. The monoisotopic (exact) mass is 554 g/mol. The summed E-state index contributed by atoms with van der Waals surface area (Å²) in [6.45, 7) is 11.8. The number of carbonyl (C=O) groups excluding carboxylic acids is 2. The predicted octanol–water partition coefficient (Wildman–Crippen LogP) is 4.17. The van der Waals surface area contributed by atoms with E-state index in [2.05, 4.69) is 15.5 Å². The highest BCUT2D eigenvalue weighted by Gasteiger charge is 2.43. The third-order valence-corrected chi connectivity index (χ3v) is 8.14. The second-order valence-electron chi connectivity index (χ2n) is 11.6. The second-order valence-corrected chi connectivity index (χ2v) is 12.5. The number of aliphatic hydroxyl groups is 2. The summed E-state index contributed by atoms with van der Waals surface area (Å²) in [5, 5.41) is 27.2. The molecule has 1 fully saturated rings. The lowest BCUT2D eigenvalue weighted by molar-refractivity contribution is -0.141. The lowest BCUT2D eigenvalue weighted by Gasteiger charge is -2.29. The van der Waals surface area contributed by atoms with E-state index in [1.54, 1.807) is 5.51 Å². The van der Waals surface area contributed by atoms with Gasteiger partial charge in [0, 0.05) is 24.4 Å². The Morgan fingerprint density at radius 2 is 1.90 bits per heavy atom. The number of aromatic nitrogens is 2. The molecule has 210 valence electrons. The summed E-state index contributed by atoms with van der Waals surface area (Å²) in [6, 6.07) is 8.46. The van der Waals surface area contributed by atoms with Crippen molar-refractivity contribution in [3.63, 3.8) is 0 Å². The molecule has 4 atom stereocenters. The van der Waals surface area contributed by atoms with Gasteiger partial charge in [0.05, 0.1) is 40.5 Å². The largest absolute Gasteiger partial charge is 0.391 e. The van der Waals surface area contributed by atoms with Crippen LogP contribution in [0.2, 0.25) is 0 Å². The van der Waals surface area contributed by atoms with Crippen LogP contribution in [0, 0.1) is 5.92 Å². The summed E-state index contributed by atoms with van der Waals surface area (Å²) in [4.78, 5) is 33.8. The number of hydrogen-bond donors (Lipinski definition) is 3. The quantitative estimate of drug-likeness (QED) is 0.381. The first-order valence-electron chi connectivity index (χ1n) is 13.3. The van der Waals surface area contributed by atoms with Crippen molar-refractivity contribution in [3.05, 3.63) is 58.6 Å². The minimum absolute atomic E-state index is 0.0888. The van der Waals surface area contributed by atoms with Gasteiger partial charge in [-0.1, -0.05) is 64.0 Å². The molecule has 1 aliphatic heterocycles. The number of benzene rings is 1. The van der Waals surface area contributed by atoms with Gasteiger partial charge in [0.2, 0.25) is 11.8 Å². The lowest BCUT2D eigenvalue weighted by Crippen LogP contribution is -2.48. The van der Waals surface area contributed by atoms with E-state index in [0.717, 1.165) is 21.7 Å². The Morgan fingerprint density at radius 3 is 2.49 bits per heavy atom. The third-order valence-electron chi connectivity index (χ3n) is 7.22. The Labute approximate surface area is 233 Å². The molecule has 1 aliphatic rings. The van der Waals surface area contributed by atoms with Crippen molar-refractivity contribution in [1.82, 2.24) is 20.4 Å². The van der Waals surface area contributed by atoms with E-state index in [1.165, 1.54) is 16.2 Å². The highest BCUT2D eigenvalue weighted by molar-refractivity contribution is 7.13. The summed E-state index contributed by atoms with van der Waals surface area (Å²) in [6.07, 6.45) is -0.611. The highest BCUT2D eigenvalue weighted by Crippen LogP contribution is 2.34. The predicted molar refractivity (Wildman–Crippen MR) is 149 cm³/mol. The average molecular weight is 555 g/mol. The molecule has 4 rings (SSSR count). The fraction of sp³-hybridized carbons (Fsp3) is 0.517. The zero-order valence-corrected chi connectivity index (χ0v) is 24.2. The van der Waals surface area contributed by atoms with Crippen molar-refractivity contribution in [3.8, 4) is 10.4 Å². The minimum atomic E-state index is -0.787. The van der Waals surface area contributed by atoms with Gasteiger partial charge in [-0.2, -0.15) is 0 Å². The molecule has 2 aromatic heterocycles. The van der Waals surface area contributed by atoms with Gasteiger partial charge in [-0.3, -0.25) is 9.59 Å². The van der Waals surface area contributed by atoms with Gasteiger partial charge in [0.1, 0.15) is 17.7 Å².